The van der Waals surface area contributed by atoms with Gasteiger partial charge in [0.15, 0.2) is 5.89 Å². The van der Waals surface area contributed by atoms with Crippen molar-refractivity contribution in [1.29, 1.82) is 0 Å². The van der Waals surface area contributed by atoms with E-state index in [2.05, 4.69) is 36.1 Å². The second-order valence-corrected chi connectivity index (χ2v) is 6.49. The van der Waals surface area contributed by atoms with Crippen molar-refractivity contribution in [3.8, 4) is 0 Å². The van der Waals surface area contributed by atoms with E-state index in [1.165, 1.54) is 0 Å². The Morgan fingerprint density at radius 1 is 1.32 bits per heavy atom. The minimum Gasteiger partial charge on any atom is -0.445 e. The predicted octanol–water partition coefficient (Wildman–Crippen LogP) is 3.56. The lowest BCUT2D eigenvalue weighted by atomic mass is 9.97. The van der Waals surface area contributed by atoms with E-state index in [1.807, 2.05) is 26.0 Å². The number of oxazole rings is 1. The van der Waals surface area contributed by atoms with Gasteiger partial charge in [0.25, 0.3) is 0 Å². The number of anilines is 1. The summed E-state index contributed by atoms with van der Waals surface area (Å²) in [5.74, 6) is 2.02. The quantitative estimate of drug-likeness (QED) is 0.937. The van der Waals surface area contributed by atoms with E-state index in [0.29, 0.717) is 24.6 Å². The van der Waals surface area contributed by atoms with E-state index >= 15 is 0 Å². The van der Waals surface area contributed by atoms with Gasteiger partial charge in [-0.05, 0) is 25.5 Å². The summed E-state index contributed by atoms with van der Waals surface area (Å²) in [5.41, 5.74) is 1.67. The molecule has 0 aromatic carbocycles. The topological polar surface area (TPSA) is 68.0 Å². The van der Waals surface area contributed by atoms with Crippen LogP contribution in [0, 0.1) is 13.8 Å². The highest BCUT2D eigenvalue weighted by Crippen LogP contribution is 2.24. The van der Waals surface area contributed by atoms with E-state index in [4.69, 9.17) is 4.42 Å². The molecular formula is C17H23N3O2. The molecule has 2 aromatic rings. The summed E-state index contributed by atoms with van der Waals surface area (Å²) in [6, 6.07) is 3.76. The lowest BCUT2D eigenvalue weighted by Gasteiger charge is -2.12. The molecule has 1 N–H and O–H groups in total. The molecule has 0 aliphatic carbocycles. The van der Waals surface area contributed by atoms with Crippen LogP contribution in [0.3, 0.4) is 0 Å². The fraction of sp³-hybridized carbons (Fsp3) is 0.471. The number of nitrogens with zero attached hydrogens (tertiary/aromatic N) is 2. The Balaban J connectivity index is 1.97. The molecule has 0 saturated heterocycles. The highest BCUT2D eigenvalue weighted by atomic mass is 16.4. The Bertz CT molecular complexity index is 669. The number of pyridine rings is 1. The number of amides is 1. The zero-order valence-corrected chi connectivity index (χ0v) is 13.9. The van der Waals surface area contributed by atoms with Crippen molar-refractivity contribution in [2.45, 2.75) is 52.9 Å². The lowest BCUT2D eigenvalue weighted by molar-refractivity contribution is -0.116. The largest absolute Gasteiger partial charge is 0.445 e. The Hall–Kier alpha value is -2.17. The fourth-order valence-corrected chi connectivity index (χ4v) is 2.02. The monoisotopic (exact) mass is 301 g/mol. The maximum atomic E-state index is 12.0. The summed E-state index contributed by atoms with van der Waals surface area (Å²) in [6.07, 6.45) is 2.54. The molecule has 2 heterocycles. The van der Waals surface area contributed by atoms with E-state index in [9.17, 15) is 4.79 Å². The van der Waals surface area contributed by atoms with Crippen LogP contribution in [0.1, 0.15) is 50.1 Å². The van der Waals surface area contributed by atoms with Crippen LogP contribution >= 0.6 is 0 Å². The lowest BCUT2D eigenvalue weighted by Crippen LogP contribution is -2.14. The summed E-state index contributed by atoms with van der Waals surface area (Å²) in [4.78, 5) is 20.6. The molecule has 0 bridgehead atoms. The van der Waals surface area contributed by atoms with E-state index in [-0.39, 0.29) is 11.3 Å². The summed E-state index contributed by atoms with van der Waals surface area (Å²) in [5, 5.41) is 2.82. The van der Waals surface area contributed by atoms with Gasteiger partial charge in [-0.2, -0.15) is 0 Å². The van der Waals surface area contributed by atoms with Gasteiger partial charge in [0.2, 0.25) is 5.91 Å². The standard InChI is InChI=1S/C17H23N3O2/c1-11-7-6-10-18-15(11)20-14(21)9-8-13-12(2)19-16(22-13)17(3,4)5/h6-7,10H,8-9H2,1-5H3,(H,18,20,21). The second kappa shape index (κ2) is 6.30. The summed E-state index contributed by atoms with van der Waals surface area (Å²) in [7, 11) is 0. The van der Waals surface area contributed by atoms with Gasteiger partial charge in [-0.25, -0.2) is 9.97 Å². The van der Waals surface area contributed by atoms with Crippen LogP contribution in [-0.2, 0) is 16.6 Å². The van der Waals surface area contributed by atoms with Gasteiger partial charge in [-0.1, -0.05) is 26.8 Å². The van der Waals surface area contributed by atoms with Crippen molar-refractivity contribution in [2.24, 2.45) is 0 Å². The van der Waals surface area contributed by atoms with Crippen LogP contribution in [-0.4, -0.2) is 15.9 Å². The minimum atomic E-state index is -0.129. The highest BCUT2D eigenvalue weighted by Gasteiger charge is 2.22. The van der Waals surface area contributed by atoms with E-state index < -0.39 is 0 Å². The maximum Gasteiger partial charge on any atom is 0.225 e. The van der Waals surface area contributed by atoms with Crippen molar-refractivity contribution >= 4 is 11.7 Å². The SMILES string of the molecule is Cc1cccnc1NC(=O)CCc1oc(C(C)(C)C)nc1C. The summed E-state index contributed by atoms with van der Waals surface area (Å²) in [6.45, 7) is 9.99. The highest BCUT2D eigenvalue weighted by molar-refractivity contribution is 5.90. The number of aryl methyl sites for hydroxylation is 3. The number of nitrogens with one attached hydrogen (secondary N) is 1. The zero-order chi connectivity index (χ0) is 16.3. The van der Waals surface area contributed by atoms with Gasteiger partial charge in [-0.15, -0.1) is 0 Å². The molecule has 0 saturated carbocycles. The molecule has 0 aliphatic heterocycles. The first kappa shape index (κ1) is 16.2. The molecular weight excluding hydrogens is 278 g/mol. The first-order valence-corrected chi connectivity index (χ1v) is 7.45. The van der Waals surface area contributed by atoms with Gasteiger partial charge in [0.05, 0.1) is 5.69 Å². The number of hydrogen-bond acceptors (Lipinski definition) is 4. The number of carbonyl (C=O) groups is 1. The normalized spacial score (nSPS) is 11.5. The Labute approximate surface area is 131 Å². The third kappa shape index (κ3) is 3.93. The van der Waals surface area contributed by atoms with Crippen LogP contribution < -0.4 is 5.32 Å². The molecule has 0 unspecified atom stereocenters. The van der Waals surface area contributed by atoms with Crippen molar-refractivity contribution < 1.29 is 9.21 Å². The molecule has 0 spiro atoms. The molecule has 2 rings (SSSR count). The molecule has 5 nitrogen and oxygen atoms in total. The third-order valence-corrected chi connectivity index (χ3v) is 3.38. The van der Waals surface area contributed by atoms with Gasteiger partial charge >= 0.3 is 0 Å². The van der Waals surface area contributed by atoms with Crippen molar-refractivity contribution in [3.05, 3.63) is 41.2 Å². The molecule has 5 heteroatoms. The van der Waals surface area contributed by atoms with Gasteiger partial charge in [0.1, 0.15) is 11.6 Å². The van der Waals surface area contributed by atoms with Crippen molar-refractivity contribution in [2.75, 3.05) is 5.32 Å². The first-order valence-electron chi connectivity index (χ1n) is 7.45. The summed E-state index contributed by atoms with van der Waals surface area (Å²) >= 11 is 0. The first-order chi connectivity index (χ1) is 10.3. The summed E-state index contributed by atoms with van der Waals surface area (Å²) < 4.78 is 5.80. The number of aromatic nitrogens is 2. The van der Waals surface area contributed by atoms with Crippen molar-refractivity contribution in [3.63, 3.8) is 0 Å². The third-order valence-electron chi connectivity index (χ3n) is 3.38. The molecule has 0 fully saturated rings. The smallest absolute Gasteiger partial charge is 0.225 e. The average molecular weight is 301 g/mol. The maximum absolute atomic E-state index is 12.0. The number of rotatable bonds is 4. The van der Waals surface area contributed by atoms with Gasteiger partial charge in [0, 0.05) is 24.5 Å². The van der Waals surface area contributed by atoms with Crippen LogP contribution in [0.4, 0.5) is 5.82 Å². The number of hydrogen-bond donors (Lipinski definition) is 1. The molecule has 0 aliphatic rings. The molecule has 118 valence electrons. The Morgan fingerprint density at radius 3 is 2.64 bits per heavy atom. The molecule has 1 amide bonds. The molecule has 2 aromatic heterocycles. The zero-order valence-electron chi connectivity index (χ0n) is 13.9. The van der Waals surface area contributed by atoms with Crippen LogP contribution in [0.25, 0.3) is 0 Å². The van der Waals surface area contributed by atoms with Crippen molar-refractivity contribution in [1.82, 2.24) is 9.97 Å². The van der Waals surface area contributed by atoms with Gasteiger partial charge in [-0.3, -0.25) is 4.79 Å². The number of carbonyl (C=O) groups excluding carboxylic acids is 1. The van der Waals surface area contributed by atoms with Gasteiger partial charge < -0.3 is 9.73 Å². The molecule has 22 heavy (non-hydrogen) atoms. The van der Waals surface area contributed by atoms with Crippen LogP contribution in [0.2, 0.25) is 0 Å². The van der Waals surface area contributed by atoms with Crippen LogP contribution in [0.15, 0.2) is 22.7 Å². The second-order valence-electron chi connectivity index (χ2n) is 6.49. The Morgan fingerprint density at radius 2 is 2.05 bits per heavy atom. The van der Waals surface area contributed by atoms with Crippen LogP contribution in [0.5, 0.6) is 0 Å². The molecule has 0 radical (unpaired) electrons. The fourth-order valence-electron chi connectivity index (χ4n) is 2.02. The minimum absolute atomic E-state index is 0.0742. The average Bonchev–Trinajstić information content (AvgIpc) is 2.80. The predicted molar refractivity (Wildman–Crippen MR) is 85.9 cm³/mol. The molecule has 0 atom stereocenters. The Kier molecular flexibility index (Phi) is 4.64. The van der Waals surface area contributed by atoms with E-state index in [0.717, 1.165) is 17.0 Å². The van der Waals surface area contributed by atoms with E-state index in [1.54, 1.807) is 6.20 Å².